The molecule has 21 heavy (non-hydrogen) atoms. The van der Waals surface area contributed by atoms with Gasteiger partial charge in [-0.05, 0) is 25.7 Å². The molecule has 2 heterocycles. The fourth-order valence-electron chi connectivity index (χ4n) is 4.06. The molecule has 0 aromatic rings. The highest BCUT2D eigenvalue weighted by Gasteiger charge is 2.42. The Balaban J connectivity index is 1.56. The van der Waals surface area contributed by atoms with Crippen molar-refractivity contribution in [1.29, 1.82) is 0 Å². The lowest BCUT2D eigenvalue weighted by molar-refractivity contribution is -0.155. The van der Waals surface area contributed by atoms with Crippen molar-refractivity contribution in [3.8, 4) is 0 Å². The Morgan fingerprint density at radius 3 is 2.86 bits per heavy atom. The van der Waals surface area contributed by atoms with Crippen LogP contribution in [0.15, 0.2) is 0 Å². The zero-order valence-electron chi connectivity index (χ0n) is 13.0. The number of carbonyl (C=O) groups is 1. The van der Waals surface area contributed by atoms with E-state index in [0.717, 1.165) is 19.5 Å². The van der Waals surface area contributed by atoms with Gasteiger partial charge in [-0.1, -0.05) is 19.3 Å². The van der Waals surface area contributed by atoms with Gasteiger partial charge in [0.15, 0.2) is 0 Å². The quantitative estimate of drug-likeness (QED) is 0.743. The molecule has 3 rings (SSSR count). The van der Waals surface area contributed by atoms with Gasteiger partial charge >= 0.3 is 5.97 Å². The number of carbonyl (C=O) groups excluding carboxylic acids is 1. The summed E-state index contributed by atoms with van der Waals surface area (Å²) in [5.41, 5.74) is 0.149. The Bertz CT molecular complexity index is 367. The molecule has 5 nitrogen and oxygen atoms in total. The zero-order valence-corrected chi connectivity index (χ0v) is 13.0. The first kappa shape index (κ1) is 15.3. The predicted molar refractivity (Wildman–Crippen MR) is 78.1 cm³/mol. The van der Waals surface area contributed by atoms with E-state index in [0.29, 0.717) is 13.2 Å². The first-order valence-corrected chi connectivity index (χ1v) is 8.30. The summed E-state index contributed by atoms with van der Waals surface area (Å²) in [4.78, 5) is 14.0. The molecular formula is C16H27NO4. The van der Waals surface area contributed by atoms with Gasteiger partial charge in [-0.15, -0.1) is 0 Å². The minimum atomic E-state index is -0.268. The maximum Gasteiger partial charge on any atom is 0.325 e. The van der Waals surface area contributed by atoms with Gasteiger partial charge in [-0.25, -0.2) is 0 Å². The van der Waals surface area contributed by atoms with Crippen LogP contribution < -0.4 is 0 Å². The molecule has 1 aliphatic carbocycles. The Hall–Kier alpha value is -0.650. The Kier molecular flexibility index (Phi) is 4.82. The number of morpholine rings is 1. The standard InChI is InChI=1S/C16H27NO4/c1-19-15(18)14-12-20-10-9-17(14)11-13-5-8-16(21-13)6-3-2-4-7-16/h13-14H,2-12H2,1H3. The molecule has 2 atom stereocenters. The summed E-state index contributed by atoms with van der Waals surface area (Å²) >= 11 is 0. The lowest BCUT2D eigenvalue weighted by atomic mass is 9.83. The van der Waals surface area contributed by atoms with Gasteiger partial charge in [-0.2, -0.15) is 0 Å². The lowest BCUT2D eigenvalue weighted by Crippen LogP contribution is -2.52. The highest BCUT2D eigenvalue weighted by atomic mass is 16.5. The average Bonchev–Trinajstić information content (AvgIpc) is 2.90. The van der Waals surface area contributed by atoms with E-state index >= 15 is 0 Å². The fourth-order valence-corrected chi connectivity index (χ4v) is 4.06. The van der Waals surface area contributed by atoms with E-state index in [9.17, 15) is 4.79 Å². The van der Waals surface area contributed by atoms with Crippen molar-refractivity contribution in [1.82, 2.24) is 4.90 Å². The van der Waals surface area contributed by atoms with Crippen molar-refractivity contribution in [2.24, 2.45) is 0 Å². The van der Waals surface area contributed by atoms with Crippen molar-refractivity contribution in [3.63, 3.8) is 0 Å². The van der Waals surface area contributed by atoms with Crippen molar-refractivity contribution in [2.75, 3.05) is 33.4 Å². The smallest absolute Gasteiger partial charge is 0.325 e. The highest BCUT2D eigenvalue weighted by molar-refractivity contribution is 5.75. The average molecular weight is 297 g/mol. The maximum absolute atomic E-state index is 11.9. The number of nitrogens with zero attached hydrogens (tertiary/aromatic N) is 1. The summed E-state index contributed by atoms with van der Waals surface area (Å²) in [6.45, 7) is 2.73. The monoisotopic (exact) mass is 297 g/mol. The van der Waals surface area contributed by atoms with Crippen molar-refractivity contribution >= 4 is 5.97 Å². The van der Waals surface area contributed by atoms with Gasteiger partial charge in [0.05, 0.1) is 32.0 Å². The molecule has 5 heteroatoms. The number of ether oxygens (including phenoxy) is 3. The minimum absolute atomic E-state index is 0.149. The summed E-state index contributed by atoms with van der Waals surface area (Å²) < 4.78 is 16.7. The van der Waals surface area contributed by atoms with Crippen LogP contribution in [0, 0.1) is 0 Å². The molecule has 1 saturated carbocycles. The molecule has 0 amide bonds. The van der Waals surface area contributed by atoms with E-state index in [4.69, 9.17) is 14.2 Å². The zero-order chi connectivity index (χ0) is 14.7. The molecule has 0 bridgehead atoms. The van der Waals surface area contributed by atoms with Crippen LogP contribution in [0.1, 0.15) is 44.9 Å². The Labute approximate surface area is 126 Å². The van der Waals surface area contributed by atoms with Crippen LogP contribution in [0.25, 0.3) is 0 Å². The molecule has 0 N–H and O–H groups in total. The van der Waals surface area contributed by atoms with Crippen molar-refractivity contribution in [3.05, 3.63) is 0 Å². The van der Waals surface area contributed by atoms with Gasteiger partial charge in [-0.3, -0.25) is 9.69 Å². The maximum atomic E-state index is 11.9. The van der Waals surface area contributed by atoms with Gasteiger partial charge in [0.25, 0.3) is 0 Å². The van der Waals surface area contributed by atoms with Crippen molar-refractivity contribution < 1.29 is 19.0 Å². The predicted octanol–water partition coefficient (Wildman–Crippen LogP) is 1.74. The molecule has 3 fully saturated rings. The molecule has 2 saturated heterocycles. The molecule has 3 aliphatic rings. The third kappa shape index (κ3) is 3.41. The van der Waals surface area contributed by atoms with Crippen LogP contribution in [-0.4, -0.2) is 62.0 Å². The number of esters is 1. The summed E-state index contributed by atoms with van der Waals surface area (Å²) in [5.74, 6) is -0.194. The van der Waals surface area contributed by atoms with Crippen LogP contribution in [0.3, 0.4) is 0 Å². The summed E-state index contributed by atoms with van der Waals surface area (Å²) in [5, 5.41) is 0. The fraction of sp³-hybridized carbons (Fsp3) is 0.938. The number of hydrogen-bond acceptors (Lipinski definition) is 5. The molecule has 0 aromatic heterocycles. The SMILES string of the molecule is COC(=O)C1COCCN1CC1CCC2(CCCCC2)O1. The second-order valence-electron chi connectivity index (χ2n) is 6.63. The van der Waals surface area contributed by atoms with Crippen LogP contribution in [0.4, 0.5) is 0 Å². The second kappa shape index (κ2) is 6.63. The molecule has 2 aliphatic heterocycles. The van der Waals surface area contributed by atoms with E-state index in [2.05, 4.69) is 4.90 Å². The molecular weight excluding hydrogens is 270 g/mol. The number of rotatable bonds is 3. The second-order valence-corrected chi connectivity index (χ2v) is 6.63. The van der Waals surface area contributed by atoms with Crippen LogP contribution in [-0.2, 0) is 19.0 Å². The number of hydrogen-bond donors (Lipinski definition) is 0. The first-order valence-electron chi connectivity index (χ1n) is 8.30. The van der Waals surface area contributed by atoms with Gasteiger partial charge in [0, 0.05) is 13.1 Å². The number of methoxy groups -OCH3 is 1. The Morgan fingerprint density at radius 2 is 2.10 bits per heavy atom. The normalized spacial score (nSPS) is 33.2. The third-order valence-corrected chi connectivity index (χ3v) is 5.25. The largest absolute Gasteiger partial charge is 0.468 e. The van der Waals surface area contributed by atoms with E-state index < -0.39 is 0 Å². The topological polar surface area (TPSA) is 48.0 Å². The first-order chi connectivity index (χ1) is 10.2. The summed E-state index contributed by atoms with van der Waals surface area (Å²) in [7, 11) is 1.44. The lowest BCUT2D eigenvalue weighted by Gasteiger charge is -2.37. The van der Waals surface area contributed by atoms with E-state index in [1.807, 2.05) is 0 Å². The third-order valence-electron chi connectivity index (χ3n) is 5.25. The van der Waals surface area contributed by atoms with Gasteiger partial charge in [0.2, 0.25) is 0 Å². The van der Waals surface area contributed by atoms with Crippen LogP contribution in [0.2, 0.25) is 0 Å². The van der Waals surface area contributed by atoms with Gasteiger partial charge in [0.1, 0.15) is 6.04 Å². The molecule has 120 valence electrons. The van der Waals surface area contributed by atoms with E-state index in [1.165, 1.54) is 45.6 Å². The molecule has 0 aromatic carbocycles. The van der Waals surface area contributed by atoms with E-state index in [1.54, 1.807) is 0 Å². The van der Waals surface area contributed by atoms with Crippen molar-refractivity contribution in [2.45, 2.75) is 62.7 Å². The highest BCUT2D eigenvalue weighted by Crippen LogP contribution is 2.42. The molecule has 0 radical (unpaired) electrons. The Morgan fingerprint density at radius 1 is 1.29 bits per heavy atom. The molecule has 2 unspecified atom stereocenters. The minimum Gasteiger partial charge on any atom is -0.468 e. The van der Waals surface area contributed by atoms with Crippen LogP contribution in [0.5, 0.6) is 0 Å². The summed E-state index contributed by atoms with van der Waals surface area (Å²) in [6, 6.07) is -0.268. The van der Waals surface area contributed by atoms with Gasteiger partial charge < -0.3 is 14.2 Å². The molecule has 1 spiro atoms. The van der Waals surface area contributed by atoms with Crippen LogP contribution >= 0.6 is 0 Å². The van der Waals surface area contributed by atoms with E-state index in [-0.39, 0.29) is 23.7 Å². The summed E-state index contributed by atoms with van der Waals surface area (Å²) in [6.07, 6.45) is 8.94.